The van der Waals surface area contributed by atoms with E-state index in [4.69, 9.17) is 10.2 Å². The Bertz CT molecular complexity index is 490. The van der Waals surface area contributed by atoms with Gasteiger partial charge in [0.05, 0.1) is 26.2 Å². The lowest BCUT2D eigenvalue weighted by molar-refractivity contribution is -0.141. The van der Waals surface area contributed by atoms with E-state index in [2.05, 4.69) is 0 Å². The summed E-state index contributed by atoms with van der Waals surface area (Å²) in [4.78, 5) is 48.8. The maximum atomic E-state index is 12.3. The Kier molecular flexibility index (Phi) is 10.2. The molecule has 0 radical (unpaired) electrons. The van der Waals surface area contributed by atoms with Crippen molar-refractivity contribution in [1.82, 2.24) is 9.80 Å². The quantitative estimate of drug-likeness (QED) is 0.467. The summed E-state index contributed by atoms with van der Waals surface area (Å²) in [6.45, 7) is 6.97. The number of carbonyl (C=O) groups is 4. The van der Waals surface area contributed by atoms with Crippen LogP contribution in [-0.4, -0.2) is 82.8 Å². The highest BCUT2D eigenvalue weighted by atomic mass is 16.4. The molecule has 8 nitrogen and oxygen atoms in total. The summed E-state index contributed by atoms with van der Waals surface area (Å²) in [7, 11) is 0. The lowest BCUT2D eigenvalue weighted by Gasteiger charge is -2.28. The molecule has 25 heavy (non-hydrogen) atoms. The van der Waals surface area contributed by atoms with Crippen molar-refractivity contribution in [1.29, 1.82) is 0 Å². The monoisotopic (exact) mass is 358 g/mol. The number of Topliss-reactive ketones (excluding diaryl/α,β-unsaturated/α-hetero) is 2. The molecule has 0 amide bonds. The number of nitrogens with zero attached hydrogens (tertiary/aromatic N) is 2. The number of aliphatic carboxylic acids is 2. The van der Waals surface area contributed by atoms with Gasteiger partial charge < -0.3 is 10.2 Å². The van der Waals surface area contributed by atoms with Crippen molar-refractivity contribution in [3.05, 3.63) is 0 Å². The molecule has 8 heteroatoms. The fourth-order valence-electron chi connectivity index (χ4n) is 2.07. The third-order valence-electron chi connectivity index (χ3n) is 4.25. The van der Waals surface area contributed by atoms with Crippen LogP contribution in [0.2, 0.25) is 0 Å². The Morgan fingerprint density at radius 3 is 1.60 bits per heavy atom. The minimum atomic E-state index is -1.06. The van der Waals surface area contributed by atoms with Crippen molar-refractivity contribution in [2.75, 3.05) is 39.3 Å². The number of carbonyl (C=O) groups excluding carboxylic acids is 2. The second kappa shape index (κ2) is 10.9. The molecule has 0 saturated carbocycles. The molecular weight excluding hydrogens is 328 g/mol. The van der Waals surface area contributed by atoms with E-state index in [1.165, 1.54) is 9.80 Å². The van der Waals surface area contributed by atoms with E-state index in [1.807, 2.05) is 20.8 Å². The van der Waals surface area contributed by atoms with Crippen molar-refractivity contribution in [2.45, 2.75) is 40.5 Å². The fourth-order valence-corrected chi connectivity index (χ4v) is 2.07. The maximum absolute atomic E-state index is 12.3. The molecule has 0 atom stereocenters. The Labute approximate surface area is 148 Å². The molecular formula is C17H30N2O6. The third-order valence-corrected chi connectivity index (χ3v) is 4.25. The largest absolute Gasteiger partial charge is 0.480 e. The first-order valence-electron chi connectivity index (χ1n) is 8.45. The van der Waals surface area contributed by atoms with Crippen molar-refractivity contribution in [3.8, 4) is 0 Å². The van der Waals surface area contributed by atoms with Gasteiger partial charge in [-0.25, -0.2) is 0 Å². The molecule has 0 fully saturated rings. The zero-order valence-electron chi connectivity index (χ0n) is 15.6. The summed E-state index contributed by atoms with van der Waals surface area (Å²) in [6, 6.07) is 0. The highest BCUT2D eigenvalue weighted by Gasteiger charge is 2.27. The SMILES string of the molecule is CCC(=O)CN(CCN(CC(=O)O)CC(=O)C(C)(C)CC)CC(=O)O. The minimum absolute atomic E-state index is 0.00187. The average molecular weight is 358 g/mol. The van der Waals surface area contributed by atoms with Crippen LogP contribution in [0.3, 0.4) is 0 Å². The van der Waals surface area contributed by atoms with Crippen LogP contribution >= 0.6 is 0 Å². The first-order chi connectivity index (χ1) is 11.5. The van der Waals surface area contributed by atoms with Gasteiger partial charge >= 0.3 is 11.9 Å². The number of rotatable bonds is 14. The summed E-state index contributed by atoms with van der Waals surface area (Å²) in [5.41, 5.74) is -0.546. The number of carboxylic acid groups (broad SMARTS) is 2. The van der Waals surface area contributed by atoms with Gasteiger partial charge in [-0.05, 0) is 6.42 Å². The minimum Gasteiger partial charge on any atom is -0.480 e. The van der Waals surface area contributed by atoms with Gasteiger partial charge in [-0.15, -0.1) is 0 Å². The molecule has 0 aliphatic carbocycles. The topological polar surface area (TPSA) is 115 Å². The number of carboxylic acids is 2. The molecule has 144 valence electrons. The zero-order chi connectivity index (χ0) is 19.6. The number of hydrogen-bond donors (Lipinski definition) is 2. The van der Waals surface area contributed by atoms with Gasteiger partial charge in [0.15, 0.2) is 5.78 Å². The van der Waals surface area contributed by atoms with Crippen LogP contribution in [0.5, 0.6) is 0 Å². The molecule has 0 aromatic heterocycles. The van der Waals surface area contributed by atoms with Crippen molar-refractivity contribution < 1.29 is 29.4 Å². The van der Waals surface area contributed by atoms with E-state index in [1.54, 1.807) is 6.92 Å². The van der Waals surface area contributed by atoms with Crippen molar-refractivity contribution in [3.63, 3.8) is 0 Å². The molecule has 2 N–H and O–H groups in total. The lowest BCUT2D eigenvalue weighted by Crippen LogP contribution is -2.45. The first kappa shape index (κ1) is 23.2. The molecule has 0 rings (SSSR count). The van der Waals surface area contributed by atoms with E-state index in [0.29, 0.717) is 12.8 Å². The standard InChI is InChI=1S/C17H30N2O6/c1-5-13(20)9-18(11-15(22)23)7-8-19(12-16(24)25)10-14(21)17(3,4)6-2/h5-12H2,1-4H3,(H,22,23)(H,24,25). The highest BCUT2D eigenvalue weighted by molar-refractivity contribution is 5.86. The second-order valence-corrected chi connectivity index (χ2v) is 6.76. The molecule has 0 aliphatic rings. The van der Waals surface area contributed by atoms with E-state index in [0.717, 1.165) is 0 Å². The predicted octanol–water partition coefficient (Wildman–Crippen LogP) is 0.744. The van der Waals surface area contributed by atoms with Gasteiger partial charge in [0.2, 0.25) is 0 Å². The summed E-state index contributed by atoms with van der Waals surface area (Å²) in [6.07, 6.45) is 0.945. The predicted molar refractivity (Wildman–Crippen MR) is 92.5 cm³/mol. The number of ketones is 2. The van der Waals surface area contributed by atoms with E-state index in [-0.39, 0.29) is 50.8 Å². The fraction of sp³-hybridized carbons (Fsp3) is 0.765. The summed E-state index contributed by atoms with van der Waals surface area (Å²) in [5, 5.41) is 18.0. The van der Waals surface area contributed by atoms with E-state index in [9.17, 15) is 19.2 Å². The van der Waals surface area contributed by atoms with E-state index >= 15 is 0 Å². The zero-order valence-corrected chi connectivity index (χ0v) is 15.6. The van der Waals surface area contributed by atoms with E-state index < -0.39 is 17.4 Å². The summed E-state index contributed by atoms with van der Waals surface area (Å²) < 4.78 is 0. The Morgan fingerprint density at radius 2 is 1.24 bits per heavy atom. The smallest absolute Gasteiger partial charge is 0.317 e. The average Bonchev–Trinajstić information content (AvgIpc) is 2.50. The van der Waals surface area contributed by atoms with Crippen molar-refractivity contribution >= 4 is 23.5 Å². The molecule has 0 aromatic rings. The lowest BCUT2D eigenvalue weighted by atomic mass is 9.85. The number of hydrogen-bond acceptors (Lipinski definition) is 6. The molecule has 0 aromatic carbocycles. The van der Waals surface area contributed by atoms with Gasteiger partial charge in [-0.2, -0.15) is 0 Å². The maximum Gasteiger partial charge on any atom is 0.317 e. The van der Waals surface area contributed by atoms with Gasteiger partial charge in [0.25, 0.3) is 0 Å². The van der Waals surface area contributed by atoms with Crippen LogP contribution in [0.25, 0.3) is 0 Å². The normalized spacial score (nSPS) is 11.8. The first-order valence-corrected chi connectivity index (χ1v) is 8.45. The molecule has 0 spiro atoms. The van der Waals surface area contributed by atoms with Crippen LogP contribution < -0.4 is 0 Å². The van der Waals surface area contributed by atoms with Gasteiger partial charge in [-0.1, -0.05) is 27.7 Å². The van der Waals surface area contributed by atoms with Crippen LogP contribution in [0.15, 0.2) is 0 Å². The summed E-state index contributed by atoms with van der Waals surface area (Å²) >= 11 is 0. The highest BCUT2D eigenvalue weighted by Crippen LogP contribution is 2.21. The van der Waals surface area contributed by atoms with Gasteiger partial charge in [0, 0.05) is 24.9 Å². The Morgan fingerprint density at radius 1 is 0.800 bits per heavy atom. The molecule has 0 aliphatic heterocycles. The van der Waals surface area contributed by atoms with Crippen molar-refractivity contribution in [2.24, 2.45) is 5.41 Å². The molecule has 0 heterocycles. The van der Waals surface area contributed by atoms with Crippen LogP contribution in [-0.2, 0) is 19.2 Å². The second-order valence-electron chi connectivity index (χ2n) is 6.76. The van der Waals surface area contributed by atoms with Gasteiger partial charge in [-0.3, -0.25) is 29.0 Å². The Hall–Kier alpha value is -1.80. The Balaban J connectivity index is 4.91. The molecule has 0 saturated heterocycles. The van der Waals surface area contributed by atoms with Gasteiger partial charge in [0.1, 0.15) is 5.78 Å². The molecule has 0 unspecified atom stereocenters. The van der Waals surface area contributed by atoms with Crippen LogP contribution in [0.1, 0.15) is 40.5 Å². The third kappa shape index (κ3) is 9.93. The van der Waals surface area contributed by atoms with Crippen LogP contribution in [0.4, 0.5) is 0 Å². The molecule has 0 bridgehead atoms. The van der Waals surface area contributed by atoms with Crippen LogP contribution in [0, 0.1) is 5.41 Å². The summed E-state index contributed by atoms with van der Waals surface area (Å²) in [5.74, 6) is -2.27.